The van der Waals surface area contributed by atoms with Gasteiger partial charge in [0, 0.05) is 12.1 Å². The van der Waals surface area contributed by atoms with Gasteiger partial charge in [0.25, 0.3) is 0 Å². The third-order valence-corrected chi connectivity index (χ3v) is 6.85. The maximum absolute atomic E-state index is 12.8. The number of fused-ring (bicyclic) bond motifs is 1. The molecule has 1 aromatic heterocycles. The summed E-state index contributed by atoms with van der Waals surface area (Å²) in [4.78, 5) is 23.8. The van der Waals surface area contributed by atoms with Crippen LogP contribution < -0.4 is 19.6 Å². The van der Waals surface area contributed by atoms with Crippen molar-refractivity contribution in [2.45, 2.75) is 31.8 Å². The van der Waals surface area contributed by atoms with Crippen LogP contribution in [0.4, 0.5) is 0 Å². The molecular formula is C27H27ClO8. The van der Waals surface area contributed by atoms with Crippen molar-refractivity contribution in [3.05, 3.63) is 51.6 Å². The number of carbonyl (C=O) groups is 1. The van der Waals surface area contributed by atoms with Gasteiger partial charge in [0.15, 0.2) is 22.5 Å². The number of carboxylic acids is 1. The van der Waals surface area contributed by atoms with Crippen LogP contribution in [-0.4, -0.2) is 44.1 Å². The van der Waals surface area contributed by atoms with Gasteiger partial charge in [-0.3, -0.25) is 9.59 Å². The second-order valence-electron chi connectivity index (χ2n) is 9.19. The van der Waals surface area contributed by atoms with E-state index in [1.54, 1.807) is 37.4 Å². The highest BCUT2D eigenvalue weighted by Crippen LogP contribution is 2.42. The number of methoxy groups -OCH3 is 1. The normalized spacial score (nSPS) is 19.1. The molecule has 8 nitrogen and oxygen atoms in total. The number of para-hydroxylation sites is 1. The van der Waals surface area contributed by atoms with Gasteiger partial charge in [-0.15, -0.1) is 0 Å². The maximum atomic E-state index is 12.8. The highest BCUT2D eigenvalue weighted by molar-refractivity contribution is 6.34. The fourth-order valence-electron chi connectivity index (χ4n) is 4.16. The van der Waals surface area contributed by atoms with Crippen LogP contribution in [0.3, 0.4) is 0 Å². The molecule has 2 fully saturated rings. The fraction of sp³-hybridized carbons (Fsp3) is 0.407. The lowest BCUT2D eigenvalue weighted by Crippen LogP contribution is -2.37. The molecule has 0 atom stereocenters. The Balaban J connectivity index is 1.41. The largest absolute Gasteiger partial charge is 0.493 e. The third kappa shape index (κ3) is 5.29. The van der Waals surface area contributed by atoms with E-state index in [1.807, 2.05) is 0 Å². The first-order valence-corrected chi connectivity index (χ1v) is 12.4. The van der Waals surface area contributed by atoms with Crippen LogP contribution in [0.5, 0.6) is 17.2 Å². The lowest BCUT2D eigenvalue weighted by atomic mass is 9.82. The van der Waals surface area contributed by atoms with Gasteiger partial charge in [-0.2, -0.15) is 0 Å². The average Bonchev–Trinajstić information content (AvgIpc) is 3.66. The zero-order chi connectivity index (χ0) is 25.2. The molecule has 3 aromatic rings. The molecule has 5 rings (SSSR count). The molecule has 0 radical (unpaired) electrons. The van der Waals surface area contributed by atoms with Crippen LogP contribution in [-0.2, 0) is 9.53 Å². The second-order valence-corrected chi connectivity index (χ2v) is 9.60. The average molecular weight is 515 g/mol. The summed E-state index contributed by atoms with van der Waals surface area (Å²) in [5.41, 5.74) is 0.595. The van der Waals surface area contributed by atoms with E-state index in [0.29, 0.717) is 69.9 Å². The number of halogens is 1. The van der Waals surface area contributed by atoms with Crippen LogP contribution in [0.15, 0.2) is 45.6 Å². The quantitative estimate of drug-likeness (QED) is 0.349. The van der Waals surface area contributed by atoms with Gasteiger partial charge in [0.05, 0.1) is 48.3 Å². The topological polar surface area (TPSA) is 104 Å². The summed E-state index contributed by atoms with van der Waals surface area (Å²) in [6.07, 6.45) is 3.21. The molecule has 0 spiro atoms. The van der Waals surface area contributed by atoms with Crippen LogP contribution in [0.25, 0.3) is 22.3 Å². The molecular weight excluding hydrogens is 488 g/mol. The minimum Gasteiger partial charge on any atom is -0.493 e. The molecule has 0 aliphatic heterocycles. The van der Waals surface area contributed by atoms with Crippen LogP contribution in [0.1, 0.15) is 25.7 Å². The Morgan fingerprint density at radius 3 is 2.61 bits per heavy atom. The molecule has 9 heteroatoms. The summed E-state index contributed by atoms with van der Waals surface area (Å²) in [7, 11) is 1.55. The third-order valence-electron chi connectivity index (χ3n) is 6.55. The molecule has 36 heavy (non-hydrogen) atoms. The monoisotopic (exact) mass is 514 g/mol. The maximum Gasteiger partial charge on any atom is 0.306 e. The zero-order valence-corrected chi connectivity index (χ0v) is 20.6. The van der Waals surface area contributed by atoms with Gasteiger partial charge >= 0.3 is 5.97 Å². The molecule has 1 heterocycles. The van der Waals surface area contributed by atoms with Crippen molar-refractivity contribution in [2.75, 3.05) is 26.9 Å². The van der Waals surface area contributed by atoms with Crippen LogP contribution >= 0.6 is 11.6 Å². The van der Waals surface area contributed by atoms with Crippen LogP contribution in [0, 0.1) is 11.8 Å². The van der Waals surface area contributed by atoms with Crippen molar-refractivity contribution in [1.29, 1.82) is 0 Å². The SMILES string of the molecule is COc1cc(OCCOC2CC(C(=O)O)C2)c(-c2cc(=O)c3cccc(Cl)c3o2)cc1OCC1CC1. The molecule has 190 valence electrons. The first-order chi connectivity index (χ1) is 17.4. The second kappa shape index (κ2) is 10.4. The summed E-state index contributed by atoms with van der Waals surface area (Å²) in [5, 5.41) is 9.74. The van der Waals surface area contributed by atoms with Gasteiger partial charge in [0.1, 0.15) is 18.1 Å². The summed E-state index contributed by atoms with van der Waals surface area (Å²) in [6.45, 7) is 1.08. The molecule has 2 aromatic carbocycles. The van der Waals surface area contributed by atoms with E-state index in [0.717, 1.165) is 12.8 Å². The first-order valence-electron chi connectivity index (χ1n) is 12.0. The number of hydrogen-bond donors (Lipinski definition) is 1. The number of carboxylic acid groups (broad SMARTS) is 1. The summed E-state index contributed by atoms with van der Waals surface area (Å²) < 4.78 is 29.4. The Morgan fingerprint density at radius 1 is 1.08 bits per heavy atom. The Bertz CT molecular complexity index is 1320. The molecule has 2 aliphatic carbocycles. The number of rotatable bonds is 11. The highest BCUT2D eigenvalue weighted by atomic mass is 35.5. The highest BCUT2D eigenvalue weighted by Gasteiger charge is 2.35. The Morgan fingerprint density at radius 2 is 1.89 bits per heavy atom. The minimum atomic E-state index is -0.788. The zero-order valence-electron chi connectivity index (χ0n) is 19.8. The van der Waals surface area contributed by atoms with E-state index >= 15 is 0 Å². The number of aliphatic carboxylic acids is 1. The summed E-state index contributed by atoms with van der Waals surface area (Å²) in [5.74, 6) is 1.16. The lowest BCUT2D eigenvalue weighted by molar-refractivity contribution is -0.151. The van der Waals surface area contributed by atoms with Crippen molar-refractivity contribution in [3.63, 3.8) is 0 Å². The molecule has 2 aliphatic rings. The minimum absolute atomic E-state index is 0.0810. The molecule has 2 saturated carbocycles. The Labute approximate surface area is 212 Å². The van der Waals surface area contributed by atoms with E-state index in [2.05, 4.69) is 0 Å². The molecule has 0 saturated heterocycles. The van der Waals surface area contributed by atoms with Gasteiger partial charge in [-0.25, -0.2) is 0 Å². The number of hydrogen-bond acceptors (Lipinski definition) is 7. The Kier molecular flexibility index (Phi) is 7.07. The van der Waals surface area contributed by atoms with E-state index in [9.17, 15) is 9.59 Å². The van der Waals surface area contributed by atoms with E-state index < -0.39 is 5.97 Å². The summed E-state index contributed by atoms with van der Waals surface area (Å²) in [6, 6.07) is 9.90. The first kappa shape index (κ1) is 24.5. The van der Waals surface area contributed by atoms with Crippen molar-refractivity contribution in [2.24, 2.45) is 11.8 Å². The van der Waals surface area contributed by atoms with Crippen molar-refractivity contribution in [3.8, 4) is 28.6 Å². The molecule has 1 N–H and O–H groups in total. The van der Waals surface area contributed by atoms with Gasteiger partial charge < -0.3 is 28.5 Å². The number of benzene rings is 2. The van der Waals surface area contributed by atoms with E-state index in [-0.39, 0.29) is 30.7 Å². The van der Waals surface area contributed by atoms with E-state index in [4.69, 9.17) is 40.1 Å². The predicted molar refractivity (Wildman–Crippen MR) is 133 cm³/mol. The molecule has 0 bridgehead atoms. The lowest BCUT2D eigenvalue weighted by Gasteiger charge is -2.32. The standard InChI is InChI=1S/C27H27ClO8/c1-32-24-13-22(34-8-7-33-17-9-16(10-17)27(30)31)19(11-25(24)35-14-15-5-6-15)23-12-21(29)18-3-2-4-20(28)26(18)36-23/h2-4,11-13,15-17H,5-10,14H2,1H3,(H,30,31). The van der Waals surface area contributed by atoms with Crippen molar-refractivity contribution >= 4 is 28.5 Å². The van der Waals surface area contributed by atoms with Crippen molar-refractivity contribution < 1.29 is 33.3 Å². The summed E-state index contributed by atoms with van der Waals surface area (Å²) >= 11 is 6.32. The van der Waals surface area contributed by atoms with E-state index in [1.165, 1.54) is 6.07 Å². The van der Waals surface area contributed by atoms with Crippen molar-refractivity contribution in [1.82, 2.24) is 0 Å². The molecule has 0 amide bonds. The number of ether oxygens (including phenoxy) is 4. The molecule has 0 unspecified atom stereocenters. The Hall–Kier alpha value is -3.23. The van der Waals surface area contributed by atoms with Gasteiger partial charge in [-0.1, -0.05) is 17.7 Å². The smallest absolute Gasteiger partial charge is 0.306 e. The van der Waals surface area contributed by atoms with Gasteiger partial charge in [-0.05, 0) is 49.8 Å². The van der Waals surface area contributed by atoms with Crippen LogP contribution in [0.2, 0.25) is 5.02 Å². The fourth-order valence-corrected chi connectivity index (χ4v) is 4.38. The van der Waals surface area contributed by atoms with Gasteiger partial charge in [0.2, 0.25) is 0 Å². The predicted octanol–water partition coefficient (Wildman–Crippen LogP) is 5.17.